The van der Waals surface area contributed by atoms with Crippen LogP contribution in [0.2, 0.25) is 0 Å². The van der Waals surface area contributed by atoms with Crippen molar-refractivity contribution in [1.29, 1.82) is 0 Å². The molecule has 0 amide bonds. The van der Waals surface area contributed by atoms with E-state index in [9.17, 15) is 0 Å². The van der Waals surface area contributed by atoms with Gasteiger partial charge in [0, 0.05) is 0 Å². The first-order valence-electron chi connectivity index (χ1n) is 6.62. The summed E-state index contributed by atoms with van der Waals surface area (Å²) in [4.78, 5) is 0. The third-order valence-corrected chi connectivity index (χ3v) is 2.93. The summed E-state index contributed by atoms with van der Waals surface area (Å²) < 4.78 is 16.4. The van der Waals surface area contributed by atoms with Crippen molar-refractivity contribution in [3.8, 4) is 17.2 Å². The molecule has 3 N–H and O–H groups in total. The molecule has 5 heteroatoms. The lowest BCUT2D eigenvalue weighted by atomic mass is 10.2. The van der Waals surface area contributed by atoms with Crippen molar-refractivity contribution in [1.82, 2.24) is 0 Å². The van der Waals surface area contributed by atoms with Gasteiger partial charge in [-0.2, -0.15) is 0 Å². The number of ether oxygens (including phenoxy) is 3. The van der Waals surface area contributed by atoms with Crippen LogP contribution in [0.3, 0.4) is 0 Å². The number of para-hydroxylation sites is 2. The van der Waals surface area contributed by atoms with E-state index < -0.39 is 0 Å². The molecule has 0 spiro atoms. The van der Waals surface area contributed by atoms with Gasteiger partial charge in [0.25, 0.3) is 0 Å². The van der Waals surface area contributed by atoms with E-state index in [1.165, 1.54) is 0 Å². The largest absolute Gasteiger partial charge is 0.493 e. The van der Waals surface area contributed by atoms with Crippen LogP contribution in [-0.2, 0) is 6.61 Å². The van der Waals surface area contributed by atoms with Gasteiger partial charge in [0.2, 0.25) is 0 Å². The number of aliphatic hydroxyl groups excluding tert-OH is 1. The molecule has 2 aromatic carbocycles. The SMILES string of the molecule is COc1cc(CO)ccc1OCCOc1ccccc1N. The molecule has 0 aliphatic heterocycles. The number of anilines is 1. The molecule has 0 bridgehead atoms. The van der Waals surface area contributed by atoms with Gasteiger partial charge >= 0.3 is 0 Å². The number of nitrogen functional groups attached to an aromatic ring is 1. The van der Waals surface area contributed by atoms with Gasteiger partial charge in [-0.3, -0.25) is 0 Å². The Morgan fingerprint density at radius 1 is 0.952 bits per heavy atom. The van der Waals surface area contributed by atoms with Crippen molar-refractivity contribution < 1.29 is 19.3 Å². The minimum atomic E-state index is -0.0347. The molecule has 2 rings (SSSR count). The Kier molecular flexibility index (Phi) is 5.29. The summed E-state index contributed by atoms with van der Waals surface area (Å²) >= 11 is 0. The standard InChI is InChI=1S/C16H19NO4/c1-19-16-10-12(11-18)6-7-15(16)21-9-8-20-14-5-3-2-4-13(14)17/h2-7,10,18H,8-9,11,17H2,1H3. The molecule has 2 aromatic rings. The average molecular weight is 289 g/mol. The lowest BCUT2D eigenvalue weighted by Crippen LogP contribution is -2.10. The molecule has 112 valence electrons. The van der Waals surface area contributed by atoms with Crippen LogP contribution in [0.5, 0.6) is 17.2 Å². The topological polar surface area (TPSA) is 73.9 Å². The van der Waals surface area contributed by atoms with Crippen LogP contribution in [0.15, 0.2) is 42.5 Å². The summed E-state index contributed by atoms with van der Waals surface area (Å²) in [5, 5.41) is 9.09. The molecule has 0 heterocycles. The van der Waals surface area contributed by atoms with Gasteiger partial charge in [-0.25, -0.2) is 0 Å². The van der Waals surface area contributed by atoms with Crippen molar-refractivity contribution in [2.45, 2.75) is 6.61 Å². The highest BCUT2D eigenvalue weighted by atomic mass is 16.5. The number of nitrogens with two attached hydrogens (primary N) is 1. The van der Waals surface area contributed by atoms with E-state index in [0.29, 0.717) is 36.1 Å². The highest BCUT2D eigenvalue weighted by Gasteiger charge is 2.06. The van der Waals surface area contributed by atoms with Crippen molar-refractivity contribution in [2.75, 3.05) is 26.1 Å². The van der Waals surface area contributed by atoms with E-state index in [1.54, 1.807) is 31.4 Å². The molecule has 21 heavy (non-hydrogen) atoms. The Bertz CT molecular complexity index is 586. The summed E-state index contributed by atoms with van der Waals surface area (Å²) in [6, 6.07) is 12.6. The summed E-state index contributed by atoms with van der Waals surface area (Å²) in [6.45, 7) is 0.704. The van der Waals surface area contributed by atoms with Crippen LogP contribution in [-0.4, -0.2) is 25.4 Å². The lowest BCUT2D eigenvalue weighted by molar-refractivity contribution is 0.211. The second kappa shape index (κ2) is 7.40. The lowest BCUT2D eigenvalue weighted by Gasteiger charge is -2.13. The average Bonchev–Trinajstić information content (AvgIpc) is 2.53. The Balaban J connectivity index is 1.87. The number of methoxy groups -OCH3 is 1. The second-order valence-electron chi connectivity index (χ2n) is 4.38. The van der Waals surface area contributed by atoms with Crippen molar-refractivity contribution in [2.24, 2.45) is 0 Å². The molecular weight excluding hydrogens is 270 g/mol. The fourth-order valence-electron chi connectivity index (χ4n) is 1.84. The van der Waals surface area contributed by atoms with Gasteiger partial charge in [0.05, 0.1) is 19.4 Å². The molecule has 0 atom stereocenters. The molecule has 0 fully saturated rings. The second-order valence-corrected chi connectivity index (χ2v) is 4.38. The number of hydrogen-bond acceptors (Lipinski definition) is 5. The maximum Gasteiger partial charge on any atom is 0.161 e. The van der Waals surface area contributed by atoms with E-state index >= 15 is 0 Å². The normalized spacial score (nSPS) is 10.2. The van der Waals surface area contributed by atoms with Gasteiger partial charge < -0.3 is 25.1 Å². The van der Waals surface area contributed by atoms with E-state index in [0.717, 1.165) is 5.56 Å². The summed E-state index contributed by atoms with van der Waals surface area (Å²) in [6.07, 6.45) is 0. The van der Waals surface area contributed by atoms with E-state index in [4.69, 9.17) is 25.1 Å². The number of rotatable bonds is 7. The Morgan fingerprint density at radius 2 is 1.67 bits per heavy atom. The fourth-order valence-corrected chi connectivity index (χ4v) is 1.84. The number of aliphatic hydroxyl groups is 1. The van der Waals surface area contributed by atoms with Crippen LogP contribution in [0.25, 0.3) is 0 Å². The Hall–Kier alpha value is -2.40. The molecule has 5 nitrogen and oxygen atoms in total. The Labute approximate surface area is 123 Å². The highest BCUT2D eigenvalue weighted by molar-refractivity contribution is 5.51. The van der Waals surface area contributed by atoms with Gasteiger partial charge in [-0.15, -0.1) is 0 Å². The highest BCUT2D eigenvalue weighted by Crippen LogP contribution is 2.28. The number of hydrogen-bond donors (Lipinski definition) is 2. The minimum absolute atomic E-state index is 0.0347. The fraction of sp³-hybridized carbons (Fsp3) is 0.250. The van der Waals surface area contributed by atoms with Gasteiger partial charge in [-0.05, 0) is 29.8 Å². The summed E-state index contributed by atoms with van der Waals surface area (Å²) in [7, 11) is 1.56. The first kappa shape index (κ1) is 15.0. The summed E-state index contributed by atoms with van der Waals surface area (Å²) in [5.74, 6) is 1.84. The summed E-state index contributed by atoms with van der Waals surface area (Å²) in [5.41, 5.74) is 7.15. The zero-order valence-electron chi connectivity index (χ0n) is 11.9. The van der Waals surface area contributed by atoms with Crippen LogP contribution >= 0.6 is 0 Å². The first-order valence-corrected chi connectivity index (χ1v) is 6.62. The quantitative estimate of drug-likeness (QED) is 0.604. The third kappa shape index (κ3) is 4.03. The smallest absolute Gasteiger partial charge is 0.161 e. The van der Waals surface area contributed by atoms with Crippen LogP contribution in [0.1, 0.15) is 5.56 Å². The van der Waals surface area contributed by atoms with Crippen LogP contribution in [0.4, 0.5) is 5.69 Å². The molecule has 0 aliphatic rings. The van der Waals surface area contributed by atoms with E-state index in [-0.39, 0.29) is 6.61 Å². The predicted molar refractivity (Wildman–Crippen MR) is 80.8 cm³/mol. The van der Waals surface area contributed by atoms with Crippen LogP contribution in [0, 0.1) is 0 Å². The zero-order chi connectivity index (χ0) is 15.1. The molecule has 0 saturated heterocycles. The molecule has 0 radical (unpaired) electrons. The van der Waals surface area contributed by atoms with Crippen molar-refractivity contribution >= 4 is 5.69 Å². The maximum absolute atomic E-state index is 9.09. The molecule has 0 saturated carbocycles. The van der Waals surface area contributed by atoms with Gasteiger partial charge in [0.15, 0.2) is 11.5 Å². The van der Waals surface area contributed by atoms with E-state index in [2.05, 4.69) is 0 Å². The maximum atomic E-state index is 9.09. The molecule has 0 aliphatic carbocycles. The molecule has 0 aromatic heterocycles. The molecular formula is C16H19NO4. The minimum Gasteiger partial charge on any atom is -0.493 e. The van der Waals surface area contributed by atoms with E-state index in [1.807, 2.05) is 18.2 Å². The van der Waals surface area contributed by atoms with Crippen molar-refractivity contribution in [3.63, 3.8) is 0 Å². The van der Waals surface area contributed by atoms with Gasteiger partial charge in [0.1, 0.15) is 19.0 Å². The van der Waals surface area contributed by atoms with Crippen molar-refractivity contribution in [3.05, 3.63) is 48.0 Å². The molecule has 0 unspecified atom stereocenters. The third-order valence-electron chi connectivity index (χ3n) is 2.93. The zero-order valence-corrected chi connectivity index (χ0v) is 11.9. The van der Waals surface area contributed by atoms with Gasteiger partial charge in [-0.1, -0.05) is 18.2 Å². The predicted octanol–water partition coefficient (Wildman–Crippen LogP) is 2.23. The first-order chi connectivity index (χ1) is 10.2. The van der Waals surface area contributed by atoms with Crippen LogP contribution < -0.4 is 19.9 Å². The monoisotopic (exact) mass is 289 g/mol. The Morgan fingerprint density at radius 3 is 2.33 bits per heavy atom. The number of benzene rings is 2.